The number of carbonyl (C=O) groups is 1. The summed E-state index contributed by atoms with van der Waals surface area (Å²) in [6, 6.07) is 4.54. The van der Waals surface area contributed by atoms with E-state index in [1.165, 1.54) is 23.5 Å². The second-order valence-electron chi connectivity index (χ2n) is 5.59. The molecule has 0 bridgehead atoms. The first-order chi connectivity index (χ1) is 11.8. The number of aromatic amines is 1. The number of hydrogen-bond acceptors (Lipinski definition) is 5. The molecule has 3 aromatic rings. The van der Waals surface area contributed by atoms with Gasteiger partial charge in [0.25, 0.3) is 5.56 Å². The second-order valence-corrected chi connectivity index (χ2v) is 7.63. The van der Waals surface area contributed by atoms with E-state index in [-0.39, 0.29) is 22.0 Å². The Labute approximate surface area is 157 Å². The minimum absolute atomic E-state index is 0.159. The Balaban J connectivity index is 1.92. The van der Waals surface area contributed by atoms with Crippen LogP contribution in [0.1, 0.15) is 39.7 Å². The standard InChI is InChI=1S/C17H14Cl2N2O3S/c1-7-9(3)25-16-13(7)15(22)20-14(21-16)8(2)24-17(23)11-6-10(18)4-5-12(11)19/h4-6,8H,1-3H3,(H,20,21,22)/t8-/m1/s1. The summed E-state index contributed by atoms with van der Waals surface area (Å²) in [5.41, 5.74) is 0.827. The van der Waals surface area contributed by atoms with E-state index in [1.807, 2.05) is 13.8 Å². The molecule has 0 amide bonds. The van der Waals surface area contributed by atoms with Crippen molar-refractivity contribution in [1.29, 1.82) is 0 Å². The summed E-state index contributed by atoms with van der Waals surface area (Å²) < 4.78 is 5.39. The van der Waals surface area contributed by atoms with E-state index in [9.17, 15) is 9.59 Å². The number of carbonyl (C=O) groups excluding carboxylic acids is 1. The summed E-state index contributed by atoms with van der Waals surface area (Å²) in [5.74, 6) is -0.355. The Bertz CT molecular complexity index is 1040. The lowest BCUT2D eigenvalue weighted by molar-refractivity contribution is 0.0320. The van der Waals surface area contributed by atoms with Gasteiger partial charge in [-0.05, 0) is 44.5 Å². The van der Waals surface area contributed by atoms with Crippen LogP contribution < -0.4 is 5.56 Å². The molecule has 3 rings (SSSR count). The van der Waals surface area contributed by atoms with Gasteiger partial charge in [0, 0.05) is 9.90 Å². The smallest absolute Gasteiger partial charge is 0.340 e. The number of halogens is 2. The average molecular weight is 397 g/mol. The summed E-state index contributed by atoms with van der Waals surface area (Å²) in [7, 11) is 0. The molecule has 0 fully saturated rings. The number of H-pyrrole nitrogens is 1. The highest BCUT2D eigenvalue weighted by molar-refractivity contribution is 7.18. The molecule has 8 heteroatoms. The predicted molar refractivity (Wildman–Crippen MR) is 100 cm³/mol. The molecule has 0 aliphatic heterocycles. The Hall–Kier alpha value is -1.89. The van der Waals surface area contributed by atoms with Crippen molar-refractivity contribution < 1.29 is 9.53 Å². The summed E-state index contributed by atoms with van der Waals surface area (Å²) in [4.78, 5) is 33.4. The lowest BCUT2D eigenvalue weighted by atomic mass is 10.2. The summed E-state index contributed by atoms with van der Waals surface area (Å²) in [6.45, 7) is 5.45. The molecule has 0 aliphatic carbocycles. The van der Waals surface area contributed by atoms with E-state index in [4.69, 9.17) is 27.9 Å². The average Bonchev–Trinajstić information content (AvgIpc) is 2.84. The molecular formula is C17H14Cl2N2O3S. The lowest BCUT2D eigenvalue weighted by Crippen LogP contribution is -2.17. The number of aromatic nitrogens is 2. The van der Waals surface area contributed by atoms with Crippen LogP contribution in [-0.4, -0.2) is 15.9 Å². The van der Waals surface area contributed by atoms with Gasteiger partial charge in [-0.15, -0.1) is 11.3 Å². The zero-order valence-electron chi connectivity index (χ0n) is 13.6. The topological polar surface area (TPSA) is 72.0 Å². The van der Waals surface area contributed by atoms with Crippen molar-refractivity contribution in [2.24, 2.45) is 0 Å². The highest BCUT2D eigenvalue weighted by Crippen LogP contribution is 2.28. The fraction of sp³-hybridized carbons (Fsp3) is 0.235. The van der Waals surface area contributed by atoms with Gasteiger partial charge in [0.2, 0.25) is 0 Å². The van der Waals surface area contributed by atoms with Gasteiger partial charge in [0.05, 0.1) is 16.0 Å². The number of benzene rings is 1. The molecule has 1 atom stereocenters. The highest BCUT2D eigenvalue weighted by Gasteiger charge is 2.20. The SMILES string of the molecule is Cc1sc2nc([C@@H](C)OC(=O)c3cc(Cl)ccc3Cl)[nH]c(=O)c2c1C. The van der Waals surface area contributed by atoms with E-state index in [2.05, 4.69) is 9.97 Å². The number of rotatable bonds is 3. The third-order valence-corrected chi connectivity index (χ3v) is 5.54. The zero-order valence-corrected chi connectivity index (χ0v) is 16.0. The zero-order chi connectivity index (χ0) is 18.3. The van der Waals surface area contributed by atoms with Crippen LogP contribution in [0.4, 0.5) is 0 Å². The van der Waals surface area contributed by atoms with Crippen molar-refractivity contribution >= 4 is 50.7 Å². The Morgan fingerprint density at radius 3 is 2.76 bits per heavy atom. The van der Waals surface area contributed by atoms with Gasteiger partial charge in [-0.25, -0.2) is 9.78 Å². The van der Waals surface area contributed by atoms with E-state index < -0.39 is 12.1 Å². The molecule has 0 saturated heterocycles. The maximum Gasteiger partial charge on any atom is 0.340 e. The van der Waals surface area contributed by atoms with Crippen LogP contribution in [0, 0.1) is 13.8 Å². The maximum absolute atomic E-state index is 12.3. The van der Waals surface area contributed by atoms with Crippen LogP contribution in [0.25, 0.3) is 10.2 Å². The largest absolute Gasteiger partial charge is 0.451 e. The van der Waals surface area contributed by atoms with Gasteiger partial charge in [0.1, 0.15) is 4.83 Å². The van der Waals surface area contributed by atoms with E-state index in [1.54, 1.807) is 13.0 Å². The highest BCUT2D eigenvalue weighted by atomic mass is 35.5. The van der Waals surface area contributed by atoms with Crippen molar-refractivity contribution in [1.82, 2.24) is 9.97 Å². The molecule has 0 saturated carbocycles. The number of esters is 1. The Morgan fingerprint density at radius 1 is 1.32 bits per heavy atom. The third kappa shape index (κ3) is 3.42. The van der Waals surface area contributed by atoms with Crippen molar-refractivity contribution in [2.75, 3.05) is 0 Å². The van der Waals surface area contributed by atoms with Gasteiger partial charge in [-0.3, -0.25) is 4.79 Å². The molecule has 25 heavy (non-hydrogen) atoms. The van der Waals surface area contributed by atoms with Crippen LogP contribution in [-0.2, 0) is 4.74 Å². The van der Waals surface area contributed by atoms with Crippen LogP contribution in [0.5, 0.6) is 0 Å². The number of fused-ring (bicyclic) bond motifs is 1. The minimum atomic E-state index is -0.748. The number of aryl methyl sites for hydroxylation is 2. The summed E-state index contributed by atoms with van der Waals surface area (Å²) in [6.07, 6.45) is -0.748. The lowest BCUT2D eigenvalue weighted by Gasteiger charge is -2.13. The minimum Gasteiger partial charge on any atom is -0.451 e. The van der Waals surface area contributed by atoms with Gasteiger partial charge < -0.3 is 9.72 Å². The van der Waals surface area contributed by atoms with Crippen molar-refractivity contribution in [3.63, 3.8) is 0 Å². The molecule has 0 unspecified atom stereocenters. The molecule has 0 spiro atoms. The summed E-state index contributed by atoms with van der Waals surface area (Å²) >= 11 is 13.3. The Kier molecular flexibility index (Phi) is 4.86. The number of nitrogens with zero attached hydrogens (tertiary/aromatic N) is 1. The number of hydrogen-bond donors (Lipinski definition) is 1. The molecule has 0 aliphatic rings. The normalized spacial score (nSPS) is 12.4. The predicted octanol–water partition coefficient (Wildman–Crippen LogP) is 4.83. The fourth-order valence-electron chi connectivity index (χ4n) is 2.40. The first-order valence-corrected chi connectivity index (χ1v) is 9.01. The first kappa shape index (κ1) is 17.9. The Morgan fingerprint density at radius 2 is 2.04 bits per heavy atom. The van der Waals surface area contributed by atoms with E-state index in [0.717, 1.165) is 10.4 Å². The molecule has 5 nitrogen and oxygen atoms in total. The fourth-order valence-corrected chi connectivity index (χ4v) is 3.80. The van der Waals surface area contributed by atoms with E-state index >= 15 is 0 Å². The molecule has 130 valence electrons. The number of thiophene rings is 1. The molecule has 1 aromatic carbocycles. The van der Waals surface area contributed by atoms with Gasteiger partial charge in [-0.2, -0.15) is 0 Å². The van der Waals surface area contributed by atoms with Crippen molar-refractivity contribution in [3.05, 3.63) is 60.4 Å². The number of ether oxygens (including phenoxy) is 1. The van der Waals surface area contributed by atoms with Crippen LogP contribution in [0.3, 0.4) is 0 Å². The van der Waals surface area contributed by atoms with Crippen LogP contribution in [0.2, 0.25) is 10.0 Å². The molecule has 0 radical (unpaired) electrons. The van der Waals surface area contributed by atoms with Crippen LogP contribution in [0.15, 0.2) is 23.0 Å². The van der Waals surface area contributed by atoms with E-state index in [0.29, 0.717) is 15.2 Å². The number of nitrogens with one attached hydrogen (secondary N) is 1. The molecule has 2 heterocycles. The van der Waals surface area contributed by atoms with Gasteiger partial charge in [-0.1, -0.05) is 23.2 Å². The van der Waals surface area contributed by atoms with Crippen LogP contribution >= 0.6 is 34.5 Å². The van der Waals surface area contributed by atoms with Gasteiger partial charge >= 0.3 is 5.97 Å². The third-order valence-electron chi connectivity index (χ3n) is 3.87. The molecule has 1 N–H and O–H groups in total. The van der Waals surface area contributed by atoms with Gasteiger partial charge in [0.15, 0.2) is 11.9 Å². The summed E-state index contributed by atoms with van der Waals surface area (Å²) in [5, 5.41) is 1.19. The van der Waals surface area contributed by atoms with Crippen molar-refractivity contribution in [3.8, 4) is 0 Å². The monoisotopic (exact) mass is 396 g/mol. The molecular weight excluding hydrogens is 383 g/mol. The second kappa shape index (κ2) is 6.78. The quantitative estimate of drug-likeness (QED) is 0.643. The first-order valence-electron chi connectivity index (χ1n) is 7.44. The molecule has 2 aromatic heterocycles. The maximum atomic E-state index is 12.3. The van der Waals surface area contributed by atoms with Crippen molar-refractivity contribution in [2.45, 2.75) is 26.9 Å².